The first-order valence-corrected chi connectivity index (χ1v) is 8.76. The number of para-hydroxylation sites is 1. The molecule has 2 fully saturated rings. The lowest BCUT2D eigenvalue weighted by atomic mass is 10.0. The van der Waals surface area contributed by atoms with Gasteiger partial charge < -0.3 is 10.2 Å². The Morgan fingerprint density at radius 3 is 2.62 bits per heavy atom. The molecule has 2 aliphatic rings. The molecule has 1 saturated heterocycles. The van der Waals surface area contributed by atoms with Gasteiger partial charge in [-0.15, -0.1) is 0 Å². The summed E-state index contributed by atoms with van der Waals surface area (Å²) in [5.41, 5.74) is 2.63. The average Bonchev–Trinajstić information content (AvgIpc) is 2.99. The third kappa shape index (κ3) is 3.37. The molecule has 1 aromatic carbocycles. The molecule has 1 aliphatic heterocycles. The predicted octanol–water partition coefficient (Wildman–Crippen LogP) is 4.32. The second kappa shape index (κ2) is 6.58. The highest BCUT2D eigenvalue weighted by atomic mass is 35.5. The van der Waals surface area contributed by atoms with E-state index in [9.17, 15) is 0 Å². The van der Waals surface area contributed by atoms with Crippen LogP contribution in [0.2, 0.25) is 5.02 Å². The summed E-state index contributed by atoms with van der Waals surface area (Å²) in [6.07, 6.45) is 4.24. The number of benzene rings is 1. The number of halogens is 1. The fourth-order valence-electron chi connectivity index (χ4n) is 3.97. The molecule has 3 heteroatoms. The highest BCUT2D eigenvalue weighted by Gasteiger charge is 2.37. The van der Waals surface area contributed by atoms with Crippen molar-refractivity contribution in [3.8, 4) is 0 Å². The molecule has 1 aromatic rings. The number of nitrogens with zero attached hydrogens (tertiary/aromatic N) is 1. The standard InChI is InChI=1S/C18H27ClN2/c1-13(2)9-20-10-14-5-4-8-17(19)18(14)21-11-15-6-3-7-16(15)12-21/h4-5,8,13,15-16,20H,3,6-7,9-12H2,1-2H3. The summed E-state index contributed by atoms with van der Waals surface area (Å²) >= 11 is 6.54. The third-order valence-corrected chi connectivity index (χ3v) is 5.29. The van der Waals surface area contributed by atoms with Gasteiger partial charge in [-0.2, -0.15) is 0 Å². The zero-order valence-corrected chi connectivity index (χ0v) is 14.0. The van der Waals surface area contributed by atoms with E-state index in [1.54, 1.807) is 0 Å². The van der Waals surface area contributed by atoms with Gasteiger partial charge in [0.05, 0.1) is 10.7 Å². The van der Waals surface area contributed by atoms with Gasteiger partial charge in [0.15, 0.2) is 0 Å². The van der Waals surface area contributed by atoms with Gasteiger partial charge in [-0.25, -0.2) is 0 Å². The topological polar surface area (TPSA) is 15.3 Å². The molecular weight excluding hydrogens is 280 g/mol. The van der Waals surface area contributed by atoms with Crippen LogP contribution in [0, 0.1) is 17.8 Å². The van der Waals surface area contributed by atoms with E-state index in [4.69, 9.17) is 11.6 Å². The van der Waals surface area contributed by atoms with Gasteiger partial charge in [-0.05, 0) is 48.8 Å². The molecule has 116 valence electrons. The lowest BCUT2D eigenvalue weighted by Gasteiger charge is -2.24. The van der Waals surface area contributed by atoms with E-state index in [2.05, 4.69) is 36.2 Å². The lowest BCUT2D eigenvalue weighted by Crippen LogP contribution is -2.25. The van der Waals surface area contributed by atoms with Crippen molar-refractivity contribution < 1.29 is 0 Å². The molecule has 3 rings (SSSR count). The lowest BCUT2D eigenvalue weighted by molar-refractivity contribution is 0.494. The van der Waals surface area contributed by atoms with Crippen LogP contribution >= 0.6 is 11.6 Å². The van der Waals surface area contributed by atoms with E-state index in [0.717, 1.165) is 29.9 Å². The maximum Gasteiger partial charge on any atom is 0.0642 e. The van der Waals surface area contributed by atoms with Crippen LogP contribution in [0.25, 0.3) is 0 Å². The number of nitrogens with one attached hydrogen (secondary N) is 1. The minimum atomic E-state index is 0.679. The molecule has 0 amide bonds. The maximum atomic E-state index is 6.54. The van der Waals surface area contributed by atoms with Crippen LogP contribution in [0.5, 0.6) is 0 Å². The number of anilines is 1. The van der Waals surface area contributed by atoms with E-state index in [1.807, 2.05) is 6.07 Å². The predicted molar refractivity (Wildman–Crippen MR) is 91.0 cm³/mol. The highest BCUT2D eigenvalue weighted by molar-refractivity contribution is 6.33. The second-order valence-electron chi connectivity index (χ2n) is 7.13. The van der Waals surface area contributed by atoms with Crippen molar-refractivity contribution in [3.63, 3.8) is 0 Å². The second-order valence-corrected chi connectivity index (χ2v) is 7.54. The normalized spacial score (nSPS) is 24.9. The number of fused-ring (bicyclic) bond motifs is 1. The Morgan fingerprint density at radius 1 is 1.24 bits per heavy atom. The zero-order chi connectivity index (χ0) is 14.8. The molecule has 1 saturated carbocycles. The van der Waals surface area contributed by atoms with Crippen LogP contribution in [0.1, 0.15) is 38.7 Å². The Labute approximate surface area is 133 Å². The van der Waals surface area contributed by atoms with Gasteiger partial charge in [-0.3, -0.25) is 0 Å². The van der Waals surface area contributed by atoms with Crippen LogP contribution in [0.3, 0.4) is 0 Å². The van der Waals surface area contributed by atoms with Gasteiger partial charge in [0.2, 0.25) is 0 Å². The zero-order valence-electron chi connectivity index (χ0n) is 13.2. The highest BCUT2D eigenvalue weighted by Crippen LogP contribution is 2.42. The number of rotatable bonds is 5. The van der Waals surface area contributed by atoms with Gasteiger partial charge in [-0.1, -0.05) is 44.0 Å². The molecule has 1 N–H and O–H groups in total. The summed E-state index contributed by atoms with van der Waals surface area (Å²) in [4.78, 5) is 2.54. The Kier molecular flexibility index (Phi) is 4.75. The van der Waals surface area contributed by atoms with E-state index < -0.39 is 0 Å². The smallest absolute Gasteiger partial charge is 0.0642 e. The summed E-state index contributed by atoms with van der Waals surface area (Å²) < 4.78 is 0. The Bertz CT molecular complexity index is 474. The van der Waals surface area contributed by atoms with Gasteiger partial charge >= 0.3 is 0 Å². The molecule has 0 bridgehead atoms. The first-order valence-electron chi connectivity index (χ1n) is 8.38. The van der Waals surface area contributed by atoms with Crippen molar-refractivity contribution >= 4 is 17.3 Å². The van der Waals surface area contributed by atoms with Crippen LogP contribution in [0.15, 0.2) is 18.2 Å². The molecule has 1 aliphatic carbocycles. The third-order valence-electron chi connectivity index (χ3n) is 4.98. The maximum absolute atomic E-state index is 6.54. The Hall–Kier alpha value is -0.730. The molecule has 0 spiro atoms. The quantitative estimate of drug-likeness (QED) is 0.871. The fraction of sp³-hybridized carbons (Fsp3) is 0.667. The van der Waals surface area contributed by atoms with Gasteiger partial charge in [0.1, 0.15) is 0 Å². The molecular formula is C18H27ClN2. The first kappa shape index (κ1) is 15.2. The largest absolute Gasteiger partial charge is 0.369 e. The van der Waals surface area contributed by atoms with Crippen molar-refractivity contribution in [1.29, 1.82) is 0 Å². The molecule has 2 nitrogen and oxygen atoms in total. The molecule has 21 heavy (non-hydrogen) atoms. The molecule has 2 atom stereocenters. The summed E-state index contributed by atoms with van der Waals surface area (Å²) in [7, 11) is 0. The Balaban J connectivity index is 1.74. The SMILES string of the molecule is CC(C)CNCc1cccc(Cl)c1N1CC2CCCC2C1. The van der Waals surface area contributed by atoms with E-state index in [-0.39, 0.29) is 0 Å². The summed E-state index contributed by atoms with van der Waals surface area (Å²) in [5.74, 6) is 2.48. The first-order chi connectivity index (χ1) is 10.1. The van der Waals surface area contributed by atoms with E-state index >= 15 is 0 Å². The molecule has 1 heterocycles. The van der Waals surface area contributed by atoms with Crippen molar-refractivity contribution in [2.45, 2.75) is 39.7 Å². The van der Waals surface area contributed by atoms with Crippen molar-refractivity contribution in [1.82, 2.24) is 5.32 Å². The van der Waals surface area contributed by atoms with Crippen molar-refractivity contribution in [2.75, 3.05) is 24.5 Å². The van der Waals surface area contributed by atoms with Crippen LogP contribution in [0.4, 0.5) is 5.69 Å². The van der Waals surface area contributed by atoms with Gasteiger partial charge in [0, 0.05) is 19.6 Å². The van der Waals surface area contributed by atoms with E-state index in [1.165, 1.54) is 43.6 Å². The van der Waals surface area contributed by atoms with Crippen LogP contribution in [-0.2, 0) is 6.54 Å². The molecule has 0 aromatic heterocycles. The summed E-state index contributed by atoms with van der Waals surface area (Å²) in [6, 6.07) is 6.34. The average molecular weight is 307 g/mol. The molecule has 2 unspecified atom stereocenters. The van der Waals surface area contributed by atoms with Gasteiger partial charge in [0.25, 0.3) is 0 Å². The van der Waals surface area contributed by atoms with Crippen LogP contribution in [-0.4, -0.2) is 19.6 Å². The van der Waals surface area contributed by atoms with Crippen LogP contribution < -0.4 is 10.2 Å². The fourth-order valence-corrected chi connectivity index (χ4v) is 4.28. The van der Waals surface area contributed by atoms with Crippen molar-refractivity contribution in [2.24, 2.45) is 17.8 Å². The Morgan fingerprint density at radius 2 is 1.95 bits per heavy atom. The van der Waals surface area contributed by atoms with Crippen molar-refractivity contribution in [3.05, 3.63) is 28.8 Å². The number of hydrogen-bond acceptors (Lipinski definition) is 2. The number of hydrogen-bond donors (Lipinski definition) is 1. The minimum absolute atomic E-state index is 0.679. The monoisotopic (exact) mass is 306 g/mol. The summed E-state index contributed by atoms with van der Waals surface area (Å²) in [5, 5.41) is 4.47. The molecule has 0 radical (unpaired) electrons. The minimum Gasteiger partial charge on any atom is -0.369 e. The van der Waals surface area contributed by atoms with E-state index in [0.29, 0.717) is 5.92 Å². The summed E-state index contributed by atoms with van der Waals surface area (Å²) in [6.45, 7) is 8.86.